The maximum absolute atomic E-state index is 11.9. The molecule has 0 saturated heterocycles. The quantitative estimate of drug-likeness (QED) is 0.112. The average molecular weight is 632 g/mol. The SMILES string of the molecule is CCCCC(CC)CSP([O-])(=S)OC(C)C.CCCCC(CC)CSP([O-])(=S)OC(C)C.[Zn+2]. The van der Waals surface area contributed by atoms with Crippen molar-refractivity contribution >= 4 is 57.8 Å². The Morgan fingerprint density at radius 2 is 1.00 bits per heavy atom. The molecule has 4 atom stereocenters. The van der Waals surface area contributed by atoms with Crippen LogP contribution in [0, 0.1) is 11.8 Å². The third kappa shape index (κ3) is 27.3. The fourth-order valence-electron chi connectivity index (χ4n) is 2.77. The standard InChI is InChI=1S/2C11H25O2PS2.Zn/c2*1-5-7-8-11(6-2)9-16-14(12,15)13-10(3)4;/h2*10-11H,5-9H2,1-4H3,(H,12,15);/q;;+2/p-2. The zero-order valence-electron chi connectivity index (χ0n) is 22.2. The van der Waals surface area contributed by atoms with Crippen LogP contribution in [0.1, 0.15) is 107 Å². The molecule has 0 N–H and O–H groups in total. The first-order valence-electron chi connectivity index (χ1n) is 12.1. The van der Waals surface area contributed by atoms with E-state index >= 15 is 0 Å². The molecule has 0 aromatic heterocycles. The predicted octanol–water partition coefficient (Wildman–Crippen LogP) is 7.89. The summed E-state index contributed by atoms with van der Waals surface area (Å²) in [5, 5.41) is 0. The van der Waals surface area contributed by atoms with Gasteiger partial charge in [0.2, 0.25) is 0 Å². The minimum absolute atomic E-state index is 0. The van der Waals surface area contributed by atoms with E-state index in [-0.39, 0.29) is 31.7 Å². The van der Waals surface area contributed by atoms with E-state index in [0.717, 1.165) is 24.3 Å². The molecular weight excluding hydrogens is 584 g/mol. The van der Waals surface area contributed by atoms with E-state index in [1.165, 1.54) is 61.3 Å². The molecule has 0 heterocycles. The van der Waals surface area contributed by atoms with E-state index in [1.807, 2.05) is 27.7 Å². The van der Waals surface area contributed by atoms with Crippen molar-refractivity contribution in [3.8, 4) is 0 Å². The van der Waals surface area contributed by atoms with Gasteiger partial charge in [0.1, 0.15) is 0 Å². The van der Waals surface area contributed by atoms with E-state index in [0.29, 0.717) is 11.8 Å². The summed E-state index contributed by atoms with van der Waals surface area (Å²) < 4.78 is 10.5. The zero-order valence-corrected chi connectivity index (χ0v) is 30.3. The van der Waals surface area contributed by atoms with Crippen LogP contribution in [0.15, 0.2) is 0 Å². The van der Waals surface area contributed by atoms with E-state index in [1.54, 1.807) is 0 Å². The van der Waals surface area contributed by atoms with Gasteiger partial charge in [-0.15, -0.1) is 22.8 Å². The zero-order chi connectivity index (χ0) is 25.2. The monoisotopic (exact) mass is 630 g/mol. The molecule has 4 nitrogen and oxygen atoms in total. The van der Waals surface area contributed by atoms with Crippen molar-refractivity contribution in [3.63, 3.8) is 0 Å². The Balaban J connectivity index is -0.000000529. The van der Waals surface area contributed by atoms with Crippen molar-refractivity contribution in [2.24, 2.45) is 11.8 Å². The van der Waals surface area contributed by atoms with Crippen molar-refractivity contribution in [3.05, 3.63) is 0 Å². The van der Waals surface area contributed by atoms with E-state index in [2.05, 4.69) is 27.7 Å². The molecule has 0 bridgehead atoms. The summed E-state index contributed by atoms with van der Waals surface area (Å²) in [6, 6.07) is 0. The van der Waals surface area contributed by atoms with Crippen LogP contribution in [0.25, 0.3) is 0 Å². The van der Waals surface area contributed by atoms with Crippen molar-refractivity contribution in [2.45, 2.75) is 119 Å². The Hall–Kier alpha value is 2.46. The largest absolute Gasteiger partial charge is 2.00 e. The fraction of sp³-hybridized carbons (Fsp3) is 1.00. The summed E-state index contributed by atoms with van der Waals surface area (Å²) in [5.41, 5.74) is -5.70. The summed E-state index contributed by atoms with van der Waals surface area (Å²) in [5.74, 6) is 2.97. The van der Waals surface area contributed by atoms with Crippen molar-refractivity contribution in [2.75, 3.05) is 11.5 Å². The Morgan fingerprint density at radius 3 is 1.21 bits per heavy atom. The summed E-state index contributed by atoms with van der Waals surface area (Å²) in [7, 11) is 0. The van der Waals surface area contributed by atoms with Crippen LogP contribution in [0.3, 0.4) is 0 Å². The molecule has 0 aromatic carbocycles. The number of rotatable bonds is 18. The number of hydrogen-bond acceptors (Lipinski definition) is 8. The smallest absolute Gasteiger partial charge is 0.793 e. The van der Waals surface area contributed by atoms with Crippen LogP contribution < -0.4 is 9.79 Å². The van der Waals surface area contributed by atoms with Gasteiger partial charge >= 0.3 is 19.5 Å². The Morgan fingerprint density at radius 1 is 0.697 bits per heavy atom. The molecule has 196 valence electrons. The summed E-state index contributed by atoms with van der Waals surface area (Å²) >= 11 is 12.7. The van der Waals surface area contributed by atoms with Crippen LogP contribution in [0.2, 0.25) is 0 Å². The number of unbranched alkanes of at least 4 members (excludes halogenated alkanes) is 2. The normalized spacial score (nSPS) is 16.8. The molecule has 0 amide bonds. The molecule has 33 heavy (non-hydrogen) atoms. The molecule has 0 spiro atoms. The summed E-state index contributed by atoms with van der Waals surface area (Å²) in [4.78, 5) is 23.7. The van der Waals surface area contributed by atoms with Gasteiger partial charge in [-0.05, 0) is 52.4 Å². The molecule has 0 radical (unpaired) electrons. The first-order valence-corrected chi connectivity index (χ1v) is 20.6. The first kappa shape index (κ1) is 40.0. The van der Waals surface area contributed by atoms with Gasteiger partial charge in [-0.1, -0.05) is 89.8 Å². The Bertz CT molecular complexity index is 497. The van der Waals surface area contributed by atoms with Crippen LogP contribution in [-0.4, -0.2) is 23.7 Å². The second-order valence-electron chi connectivity index (χ2n) is 8.63. The fourth-order valence-corrected chi connectivity index (χ4v) is 11.4. The van der Waals surface area contributed by atoms with Gasteiger partial charge < -0.3 is 18.8 Å². The molecule has 4 unspecified atom stereocenters. The molecule has 0 rings (SSSR count). The second kappa shape index (κ2) is 23.6. The van der Waals surface area contributed by atoms with Gasteiger partial charge in [-0.3, -0.25) is 0 Å². The molecule has 11 heteroatoms. The average Bonchev–Trinajstić information content (AvgIpc) is 2.67. The molecule has 0 aromatic rings. The Labute approximate surface area is 236 Å². The third-order valence-electron chi connectivity index (χ3n) is 4.70. The van der Waals surface area contributed by atoms with Gasteiger partial charge in [-0.25, -0.2) is 0 Å². The van der Waals surface area contributed by atoms with Crippen LogP contribution in [0.5, 0.6) is 0 Å². The molecule has 0 fully saturated rings. The predicted molar refractivity (Wildman–Crippen MR) is 153 cm³/mol. The molecule has 0 aliphatic heterocycles. The number of hydrogen-bond donors (Lipinski definition) is 0. The van der Waals surface area contributed by atoms with Crippen molar-refractivity contribution < 1.29 is 38.3 Å². The molecule has 0 aliphatic rings. The maximum Gasteiger partial charge on any atom is 2.00 e. The molecular formula is C22H48O4P2S4Zn. The first-order chi connectivity index (χ1) is 14.8. The van der Waals surface area contributed by atoms with Crippen LogP contribution in [0.4, 0.5) is 0 Å². The van der Waals surface area contributed by atoms with Crippen LogP contribution >= 0.6 is 34.2 Å². The van der Waals surface area contributed by atoms with Crippen LogP contribution in [-0.2, 0) is 52.1 Å². The molecule has 0 saturated carbocycles. The minimum atomic E-state index is -2.85. The topological polar surface area (TPSA) is 64.6 Å². The summed E-state index contributed by atoms with van der Waals surface area (Å²) in [6.07, 6.45) is 9.49. The van der Waals surface area contributed by atoms with E-state index < -0.39 is 11.4 Å². The summed E-state index contributed by atoms with van der Waals surface area (Å²) in [6.45, 7) is 16.2. The second-order valence-corrected chi connectivity index (χ2v) is 20.7. The molecule has 0 aliphatic carbocycles. The van der Waals surface area contributed by atoms with Gasteiger partial charge in [0.15, 0.2) is 0 Å². The van der Waals surface area contributed by atoms with Gasteiger partial charge in [0.05, 0.1) is 12.2 Å². The van der Waals surface area contributed by atoms with Crippen molar-refractivity contribution in [1.82, 2.24) is 0 Å². The maximum atomic E-state index is 11.9. The van der Waals surface area contributed by atoms with E-state index in [4.69, 9.17) is 32.7 Å². The van der Waals surface area contributed by atoms with Crippen molar-refractivity contribution in [1.29, 1.82) is 0 Å². The van der Waals surface area contributed by atoms with Gasteiger partial charge in [-0.2, -0.15) is 0 Å². The minimum Gasteiger partial charge on any atom is -0.793 e. The van der Waals surface area contributed by atoms with E-state index in [9.17, 15) is 9.79 Å². The third-order valence-corrected chi connectivity index (χ3v) is 13.7. The Kier molecular flexibility index (Phi) is 28.5. The van der Waals surface area contributed by atoms with Gasteiger partial charge in [0, 0.05) is 22.9 Å². The van der Waals surface area contributed by atoms with Gasteiger partial charge in [0.25, 0.3) is 0 Å².